The van der Waals surface area contributed by atoms with Crippen molar-refractivity contribution in [1.82, 2.24) is 9.03 Å². The number of nitrogens with one attached hydrogen (secondary N) is 1. The molecule has 0 atom stereocenters. The van der Waals surface area contributed by atoms with Gasteiger partial charge >= 0.3 is 0 Å². The minimum Gasteiger partial charge on any atom is -0.207 e. The zero-order valence-corrected chi connectivity index (χ0v) is 16.6. The number of sulfonamides is 2. The van der Waals surface area contributed by atoms with Gasteiger partial charge in [-0.2, -0.15) is 4.31 Å². The molecular formula is C18H20F2N2O4S2. The van der Waals surface area contributed by atoms with Crippen LogP contribution in [-0.2, 0) is 26.6 Å². The number of hydrogen-bond acceptors (Lipinski definition) is 4. The SMILES string of the molecule is O=S(=O)(NCc1cccc(F)c1F)c1ccc(S(=O)(=O)N2CCCCC2)cc1. The highest BCUT2D eigenvalue weighted by Crippen LogP contribution is 2.22. The second-order valence-corrected chi connectivity index (χ2v) is 10.2. The highest BCUT2D eigenvalue weighted by molar-refractivity contribution is 7.89. The van der Waals surface area contributed by atoms with Gasteiger partial charge in [-0.05, 0) is 43.2 Å². The average Bonchev–Trinajstić information content (AvgIpc) is 2.70. The Balaban J connectivity index is 1.75. The van der Waals surface area contributed by atoms with E-state index in [0.717, 1.165) is 25.3 Å². The first-order valence-corrected chi connectivity index (χ1v) is 11.7. The van der Waals surface area contributed by atoms with Crippen molar-refractivity contribution < 1.29 is 25.6 Å². The lowest BCUT2D eigenvalue weighted by Gasteiger charge is -2.25. The van der Waals surface area contributed by atoms with E-state index < -0.39 is 38.2 Å². The van der Waals surface area contributed by atoms with Gasteiger partial charge in [-0.1, -0.05) is 18.6 Å². The summed E-state index contributed by atoms with van der Waals surface area (Å²) in [6, 6.07) is 8.33. The lowest BCUT2D eigenvalue weighted by molar-refractivity contribution is 0.346. The topological polar surface area (TPSA) is 83.5 Å². The van der Waals surface area contributed by atoms with E-state index >= 15 is 0 Å². The van der Waals surface area contributed by atoms with Gasteiger partial charge < -0.3 is 0 Å². The molecule has 1 saturated heterocycles. The van der Waals surface area contributed by atoms with Crippen molar-refractivity contribution in [2.24, 2.45) is 0 Å². The number of halogens is 2. The molecular weight excluding hydrogens is 410 g/mol. The minimum atomic E-state index is -4.02. The van der Waals surface area contributed by atoms with Gasteiger partial charge in [0.25, 0.3) is 0 Å². The lowest BCUT2D eigenvalue weighted by Crippen LogP contribution is -2.35. The van der Waals surface area contributed by atoms with Gasteiger partial charge in [-0.3, -0.25) is 0 Å². The van der Waals surface area contributed by atoms with Crippen LogP contribution in [0.2, 0.25) is 0 Å². The molecule has 1 aliphatic rings. The van der Waals surface area contributed by atoms with Gasteiger partial charge in [-0.15, -0.1) is 0 Å². The molecule has 0 amide bonds. The number of nitrogens with zero attached hydrogens (tertiary/aromatic N) is 1. The van der Waals surface area contributed by atoms with Crippen LogP contribution in [0.1, 0.15) is 24.8 Å². The third-order valence-corrected chi connectivity index (χ3v) is 7.90. The van der Waals surface area contributed by atoms with Crippen LogP contribution in [0.5, 0.6) is 0 Å². The molecule has 0 aromatic heterocycles. The first-order valence-electron chi connectivity index (χ1n) is 8.74. The quantitative estimate of drug-likeness (QED) is 0.764. The molecule has 0 spiro atoms. The monoisotopic (exact) mass is 430 g/mol. The molecule has 28 heavy (non-hydrogen) atoms. The normalized spacial score (nSPS) is 16.2. The van der Waals surface area contributed by atoms with Crippen LogP contribution < -0.4 is 4.72 Å². The highest BCUT2D eigenvalue weighted by Gasteiger charge is 2.26. The zero-order valence-electron chi connectivity index (χ0n) is 14.9. The van der Waals surface area contributed by atoms with E-state index in [0.29, 0.717) is 13.1 Å². The Kier molecular flexibility index (Phi) is 6.13. The molecule has 1 N–H and O–H groups in total. The maximum absolute atomic E-state index is 13.7. The summed E-state index contributed by atoms with van der Waals surface area (Å²) in [6.45, 7) is 0.464. The second-order valence-electron chi connectivity index (χ2n) is 6.47. The molecule has 1 aliphatic heterocycles. The Morgan fingerprint density at radius 3 is 2.11 bits per heavy atom. The summed E-state index contributed by atoms with van der Waals surface area (Å²) in [5, 5.41) is 0. The maximum atomic E-state index is 13.7. The molecule has 0 unspecified atom stereocenters. The molecule has 2 aromatic rings. The van der Waals surface area contributed by atoms with Crippen LogP contribution in [0.15, 0.2) is 52.3 Å². The summed E-state index contributed by atoms with van der Waals surface area (Å²) in [6.07, 6.45) is 2.58. The number of hydrogen-bond donors (Lipinski definition) is 1. The van der Waals surface area contributed by atoms with Crippen LogP contribution in [0.3, 0.4) is 0 Å². The molecule has 0 saturated carbocycles. The predicted molar refractivity (Wildman–Crippen MR) is 99.4 cm³/mol. The Morgan fingerprint density at radius 2 is 1.46 bits per heavy atom. The first-order chi connectivity index (χ1) is 13.2. The van der Waals surface area contributed by atoms with Gasteiger partial charge in [0.1, 0.15) is 0 Å². The largest absolute Gasteiger partial charge is 0.243 e. The van der Waals surface area contributed by atoms with Gasteiger partial charge in [0.15, 0.2) is 11.6 Å². The molecule has 152 valence electrons. The third kappa shape index (κ3) is 4.40. The van der Waals surface area contributed by atoms with Gasteiger partial charge in [0.2, 0.25) is 20.0 Å². The summed E-state index contributed by atoms with van der Waals surface area (Å²) in [5.41, 5.74) is -0.132. The summed E-state index contributed by atoms with van der Waals surface area (Å²) in [5.74, 6) is -2.18. The molecule has 2 aromatic carbocycles. The minimum absolute atomic E-state index is 0.0181. The molecule has 6 nitrogen and oxygen atoms in total. The molecule has 1 fully saturated rings. The van der Waals surface area contributed by atoms with E-state index in [4.69, 9.17) is 0 Å². The van der Waals surface area contributed by atoms with Crippen LogP contribution in [0.25, 0.3) is 0 Å². The number of benzene rings is 2. The fourth-order valence-electron chi connectivity index (χ4n) is 2.99. The van der Waals surface area contributed by atoms with Crippen molar-refractivity contribution in [3.8, 4) is 0 Å². The Labute approximate surface area is 163 Å². The van der Waals surface area contributed by atoms with Gasteiger partial charge in [0, 0.05) is 25.2 Å². The van der Waals surface area contributed by atoms with E-state index in [2.05, 4.69) is 4.72 Å². The van der Waals surface area contributed by atoms with Crippen molar-refractivity contribution >= 4 is 20.0 Å². The second kappa shape index (κ2) is 8.24. The standard InChI is InChI=1S/C18H20F2N2O4S2/c19-17-6-4-5-14(18(17)20)13-21-27(23,24)15-7-9-16(10-8-15)28(25,26)22-11-2-1-3-12-22/h4-10,21H,1-3,11-13H2. The van der Waals surface area contributed by atoms with Gasteiger partial charge in [0.05, 0.1) is 9.79 Å². The van der Waals surface area contributed by atoms with Crippen molar-refractivity contribution in [1.29, 1.82) is 0 Å². The predicted octanol–water partition coefficient (Wildman–Crippen LogP) is 2.62. The van der Waals surface area contributed by atoms with Crippen molar-refractivity contribution in [3.05, 3.63) is 59.7 Å². The summed E-state index contributed by atoms with van der Waals surface area (Å²) >= 11 is 0. The molecule has 0 radical (unpaired) electrons. The lowest BCUT2D eigenvalue weighted by atomic mass is 10.2. The van der Waals surface area contributed by atoms with E-state index in [-0.39, 0.29) is 15.4 Å². The molecule has 0 aliphatic carbocycles. The summed E-state index contributed by atoms with van der Waals surface area (Å²) in [4.78, 5) is -0.147. The number of rotatable bonds is 6. The van der Waals surface area contributed by atoms with E-state index in [1.54, 1.807) is 0 Å². The van der Waals surface area contributed by atoms with Crippen LogP contribution in [0, 0.1) is 11.6 Å². The van der Waals surface area contributed by atoms with E-state index in [9.17, 15) is 25.6 Å². The summed E-state index contributed by atoms with van der Waals surface area (Å²) in [7, 11) is -7.69. The van der Waals surface area contributed by atoms with Gasteiger partial charge in [-0.25, -0.2) is 30.3 Å². The molecule has 3 rings (SSSR count). The number of piperidine rings is 1. The zero-order chi connectivity index (χ0) is 20.4. The van der Waals surface area contributed by atoms with Crippen molar-refractivity contribution in [2.75, 3.05) is 13.1 Å². The Morgan fingerprint density at radius 1 is 0.857 bits per heavy atom. The molecule has 1 heterocycles. The van der Waals surface area contributed by atoms with E-state index in [1.165, 1.54) is 40.7 Å². The highest BCUT2D eigenvalue weighted by atomic mass is 32.2. The third-order valence-electron chi connectivity index (χ3n) is 4.57. The summed E-state index contributed by atoms with van der Waals surface area (Å²) < 4.78 is 80.4. The maximum Gasteiger partial charge on any atom is 0.243 e. The van der Waals surface area contributed by atoms with Crippen LogP contribution in [-0.4, -0.2) is 34.2 Å². The molecule has 0 bridgehead atoms. The van der Waals surface area contributed by atoms with Crippen LogP contribution >= 0.6 is 0 Å². The molecule has 10 heteroatoms. The van der Waals surface area contributed by atoms with Crippen molar-refractivity contribution in [3.63, 3.8) is 0 Å². The van der Waals surface area contributed by atoms with E-state index in [1.807, 2.05) is 0 Å². The van der Waals surface area contributed by atoms with Crippen LogP contribution in [0.4, 0.5) is 8.78 Å². The fraction of sp³-hybridized carbons (Fsp3) is 0.333. The van der Waals surface area contributed by atoms with Crippen molar-refractivity contribution in [2.45, 2.75) is 35.6 Å². The Hall–Kier alpha value is -1.88. The fourth-order valence-corrected chi connectivity index (χ4v) is 5.51. The Bertz CT molecular complexity index is 1050. The first kappa shape index (κ1) is 20.8. The smallest absolute Gasteiger partial charge is 0.207 e. The average molecular weight is 430 g/mol.